The fourth-order valence-corrected chi connectivity index (χ4v) is 2.25. The van der Waals surface area contributed by atoms with E-state index in [0.29, 0.717) is 0 Å². The van der Waals surface area contributed by atoms with E-state index in [9.17, 15) is 8.42 Å². The van der Waals surface area contributed by atoms with E-state index >= 15 is 0 Å². The van der Waals surface area contributed by atoms with Gasteiger partial charge in [0.1, 0.15) is 0 Å². The van der Waals surface area contributed by atoms with Gasteiger partial charge in [0.25, 0.3) is 0 Å². The topological polar surface area (TPSA) is 37.4 Å². The van der Waals surface area contributed by atoms with Crippen molar-refractivity contribution in [2.75, 3.05) is 14.1 Å². The van der Waals surface area contributed by atoms with Gasteiger partial charge in [-0.3, -0.25) is 0 Å². The second-order valence-corrected chi connectivity index (χ2v) is 5.43. The van der Waals surface area contributed by atoms with Gasteiger partial charge in [-0.2, -0.15) is 0 Å². The van der Waals surface area contributed by atoms with Gasteiger partial charge >= 0.3 is 0 Å². The highest BCUT2D eigenvalue weighted by Crippen LogP contribution is 2.06. The molecule has 4 heteroatoms. The minimum absolute atomic E-state index is 0.0537. The van der Waals surface area contributed by atoms with Crippen molar-refractivity contribution < 1.29 is 8.42 Å². The van der Waals surface area contributed by atoms with Crippen LogP contribution in [0, 0.1) is 0 Å². The lowest BCUT2D eigenvalue weighted by Crippen LogP contribution is -2.05. The molecule has 0 spiro atoms. The molecule has 0 aliphatic rings. The molecule has 0 aromatic heterocycles. The minimum atomic E-state index is -3.15. The maximum absolute atomic E-state index is 11.6. The first-order chi connectivity index (χ1) is 6.99. The fourth-order valence-electron chi connectivity index (χ4n) is 1.07. The van der Waals surface area contributed by atoms with Gasteiger partial charge < -0.3 is 4.90 Å². The van der Waals surface area contributed by atoms with Crippen molar-refractivity contribution in [1.82, 2.24) is 4.90 Å². The lowest BCUT2D eigenvalue weighted by molar-refractivity contribution is 0.562. The van der Waals surface area contributed by atoms with Crippen molar-refractivity contribution in [2.45, 2.75) is 5.75 Å². The zero-order valence-corrected chi connectivity index (χ0v) is 9.74. The summed E-state index contributed by atoms with van der Waals surface area (Å²) in [6, 6.07) is 9.15. The van der Waals surface area contributed by atoms with Crippen molar-refractivity contribution >= 4 is 9.84 Å². The Morgan fingerprint density at radius 1 is 1.20 bits per heavy atom. The summed E-state index contributed by atoms with van der Waals surface area (Å²) in [5, 5.41) is 1.24. The van der Waals surface area contributed by atoms with Gasteiger partial charge in [-0.25, -0.2) is 8.42 Å². The summed E-state index contributed by atoms with van der Waals surface area (Å²) in [6.45, 7) is 0. The van der Waals surface area contributed by atoms with E-state index in [1.165, 1.54) is 11.6 Å². The number of hydrogen-bond acceptors (Lipinski definition) is 3. The molecule has 0 radical (unpaired) electrons. The first-order valence-electron chi connectivity index (χ1n) is 4.61. The Morgan fingerprint density at radius 3 is 2.33 bits per heavy atom. The van der Waals surface area contributed by atoms with Crippen LogP contribution in [0.15, 0.2) is 41.9 Å². The molecule has 0 saturated heterocycles. The molecule has 1 aromatic rings. The van der Waals surface area contributed by atoms with Crippen LogP contribution in [-0.2, 0) is 15.6 Å². The van der Waals surface area contributed by atoms with E-state index in [1.807, 2.05) is 18.2 Å². The predicted octanol–water partition coefficient (Wildman–Crippen LogP) is 1.63. The maximum Gasteiger partial charge on any atom is 0.177 e. The third-order valence-corrected chi connectivity index (χ3v) is 3.05. The number of nitrogens with zero attached hydrogens (tertiary/aromatic N) is 1. The first-order valence-corrected chi connectivity index (χ1v) is 6.32. The molecule has 0 heterocycles. The number of rotatable bonds is 4. The molecule has 0 atom stereocenters. The molecule has 0 amide bonds. The molecule has 0 unspecified atom stereocenters. The number of sulfone groups is 1. The normalized spacial score (nSPS) is 11.9. The van der Waals surface area contributed by atoms with Crippen LogP contribution >= 0.6 is 0 Å². The van der Waals surface area contributed by atoms with Crippen LogP contribution in [0.25, 0.3) is 0 Å². The Bertz CT molecular complexity index is 421. The van der Waals surface area contributed by atoms with E-state index in [-0.39, 0.29) is 5.75 Å². The molecule has 1 aromatic carbocycles. The smallest absolute Gasteiger partial charge is 0.177 e. The quantitative estimate of drug-likeness (QED) is 0.781. The number of benzene rings is 1. The first kappa shape index (κ1) is 11.8. The Balaban J connectivity index is 2.74. The standard InChI is InChI=1S/C11H15NO2S/c1-12(2)8-9-15(13,14)10-11-6-4-3-5-7-11/h3-9H,10H2,1-2H3. The van der Waals surface area contributed by atoms with Crippen molar-refractivity contribution in [3.63, 3.8) is 0 Å². The van der Waals surface area contributed by atoms with Crippen LogP contribution < -0.4 is 0 Å². The van der Waals surface area contributed by atoms with Gasteiger partial charge in [0, 0.05) is 25.7 Å². The van der Waals surface area contributed by atoms with E-state index in [2.05, 4.69) is 0 Å². The summed E-state index contributed by atoms with van der Waals surface area (Å²) < 4.78 is 23.2. The molecule has 0 aliphatic carbocycles. The molecule has 0 bridgehead atoms. The largest absolute Gasteiger partial charge is 0.383 e. The minimum Gasteiger partial charge on any atom is -0.383 e. The summed E-state index contributed by atoms with van der Waals surface area (Å²) in [5.41, 5.74) is 0.806. The van der Waals surface area contributed by atoms with Crippen molar-refractivity contribution in [2.24, 2.45) is 0 Å². The molecule has 0 aliphatic heterocycles. The van der Waals surface area contributed by atoms with Crippen LogP contribution in [0.4, 0.5) is 0 Å². The SMILES string of the molecule is CN(C)C=CS(=O)(=O)Cc1ccccc1. The average molecular weight is 225 g/mol. The van der Waals surface area contributed by atoms with Gasteiger partial charge in [0.05, 0.1) is 5.75 Å². The molecular formula is C11H15NO2S. The summed E-state index contributed by atoms with van der Waals surface area (Å²) >= 11 is 0. The molecular weight excluding hydrogens is 210 g/mol. The molecule has 3 nitrogen and oxygen atoms in total. The lowest BCUT2D eigenvalue weighted by atomic mass is 10.2. The third kappa shape index (κ3) is 4.65. The highest BCUT2D eigenvalue weighted by atomic mass is 32.2. The lowest BCUT2D eigenvalue weighted by Gasteiger charge is -2.04. The van der Waals surface area contributed by atoms with Crippen LogP contribution in [0.2, 0.25) is 0 Å². The Labute approximate surface area is 91.0 Å². The molecule has 0 fully saturated rings. The molecule has 82 valence electrons. The Hall–Kier alpha value is -1.29. The highest BCUT2D eigenvalue weighted by molar-refractivity contribution is 7.93. The van der Waals surface area contributed by atoms with Crippen LogP contribution in [0.5, 0.6) is 0 Å². The zero-order valence-electron chi connectivity index (χ0n) is 8.92. The van der Waals surface area contributed by atoms with Gasteiger partial charge in [0.15, 0.2) is 9.84 Å². The summed E-state index contributed by atoms with van der Waals surface area (Å²) in [4.78, 5) is 1.70. The van der Waals surface area contributed by atoms with Crippen LogP contribution in [0.1, 0.15) is 5.56 Å². The van der Waals surface area contributed by atoms with E-state index in [4.69, 9.17) is 0 Å². The van der Waals surface area contributed by atoms with Crippen LogP contribution in [0.3, 0.4) is 0 Å². The highest BCUT2D eigenvalue weighted by Gasteiger charge is 2.06. The zero-order chi connectivity index (χ0) is 11.3. The molecule has 1 rings (SSSR count). The van der Waals surface area contributed by atoms with Crippen molar-refractivity contribution in [3.05, 3.63) is 47.5 Å². The van der Waals surface area contributed by atoms with Gasteiger partial charge in [0.2, 0.25) is 0 Å². The van der Waals surface area contributed by atoms with Gasteiger partial charge in [-0.15, -0.1) is 0 Å². The van der Waals surface area contributed by atoms with E-state index in [1.54, 1.807) is 31.1 Å². The maximum atomic E-state index is 11.6. The molecule has 0 saturated carbocycles. The van der Waals surface area contributed by atoms with Crippen molar-refractivity contribution in [1.29, 1.82) is 0 Å². The van der Waals surface area contributed by atoms with Gasteiger partial charge in [-0.1, -0.05) is 30.3 Å². The van der Waals surface area contributed by atoms with Crippen LogP contribution in [-0.4, -0.2) is 27.4 Å². The second kappa shape index (κ2) is 4.98. The fraction of sp³-hybridized carbons (Fsp3) is 0.273. The number of hydrogen-bond donors (Lipinski definition) is 0. The van der Waals surface area contributed by atoms with E-state index in [0.717, 1.165) is 5.56 Å². The monoisotopic (exact) mass is 225 g/mol. The summed E-state index contributed by atoms with van der Waals surface area (Å²) in [5.74, 6) is 0.0537. The summed E-state index contributed by atoms with van der Waals surface area (Å²) in [6.07, 6.45) is 1.54. The second-order valence-electron chi connectivity index (χ2n) is 3.54. The van der Waals surface area contributed by atoms with Crippen molar-refractivity contribution in [3.8, 4) is 0 Å². The average Bonchev–Trinajstić information content (AvgIpc) is 2.16. The Morgan fingerprint density at radius 2 is 1.80 bits per heavy atom. The molecule has 0 N–H and O–H groups in total. The summed E-state index contributed by atoms with van der Waals surface area (Å²) in [7, 11) is 0.421. The third-order valence-electron chi connectivity index (χ3n) is 1.78. The molecule has 15 heavy (non-hydrogen) atoms. The predicted molar refractivity (Wildman–Crippen MR) is 61.9 cm³/mol. The van der Waals surface area contributed by atoms with Gasteiger partial charge in [-0.05, 0) is 5.56 Å². The Kier molecular flexibility index (Phi) is 3.91. The van der Waals surface area contributed by atoms with E-state index < -0.39 is 9.84 Å².